The molecule has 0 heterocycles. The highest BCUT2D eigenvalue weighted by molar-refractivity contribution is 9.10. The zero-order valence-corrected chi connectivity index (χ0v) is 13.2. The Morgan fingerprint density at radius 2 is 1.85 bits per heavy atom. The highest BCUT2D eigenvalue weighted by Crippen LogP contribution is 2.21. The van der Waals surface area contributed by atoms with Crippen LogP contribution in [0.5, 0.6) is 5.75 Å². The Bertz CT molecular complexity index is 684. The van der Waals surface area contributed by atoms with E-state index in [4.69, 9.17) is 4.74 Å². The first-order valence-corrected chi connectivity index (χ1v) is 8.30. The summed E-state index contributed by atoms with van der Waals surface area (Å²) in [5.41, 5.74) is 0.508. The Labute approximate surface area is 127 Å². The molecule has 0 bridgehead atoms. The minimum atomic E-state index is -3.59. The zero-order valence-electron chi connectivity index (χ0n) is 10.8. The van der Waals surface area contributed by atoms with Gasteiger partial charge < -0.3 is 4.74 Å². The number of hydrogen-bond acceptors (Lipinski definition) is 3. The topological polar surface area (TPSA) is 55.4 Å². The Hall–Kier alpha value is -1.53. The second-order valence-corrected chi connectivity index (χ2v) is 6.62. The van der Waals surface area contributed by atoms with Crippen molar-refractivity contribution in [2.75, 3.05) is 11.3 Å². The molecule has 0 radical (unpaired) electrons. The Balaban J connectivity index is 2.21. The van der Waals surface area contributed by atoms with Crippen LogP contribution in [0.2, 0.25) is 0 Å². The molecule has 1 N–H and O–H groups in total. The predicted molar refractivity (Wildman–Crippen MR) is 82.6 cm³/mol. The van der Waals surface area contributed by atoms with Crippen LogP contribution in [0.15, 0.2) is 57.9 Å². The van der Waals surface area contributed by atoms with Gasteiger partial charge in [0.2, 0.25) is 0 Å². The standard InChI is InChI=1S/C14H14BrNO3S/c1-2-19-13-6-8-14(9-7-13)20(17,18)16-12-5-3-4-11(15)10-12/h3-10,16H,2H2,1H3. The molecule has 20 heavy (non-hydrogen) atoms. The van der Waals surface area contributed by atoms with Gasteiger partial charge in [-0.05, 0) is 49.4 Å². The number of benzene rings is 2. The van der Waals surface area contributed by atoms with Crippen molar-refractivity contribution in [1.29, 1.82) is 0 Å². The van der Waals surface area contributed by atoms with Gasteiger partial charge in [-0.25, -0.2) is 8.42 Å². The predicted octanol–water partition coefficient (Wildman–Crippen LogP) is 3.65. The van der Waals surface area contributed by atoms with Gasteiger partial charge in [-0.2, -0.15) is 0 Å². The van der Waals surface area contributed by atoms with Crippen molar-refractivity contribution in [2.45, 2.75) is 11.8 Å². The molecular weight excluding hydrogens is 342 g/mol. The van der Waals surface area contributed by atoms with Crippen LogP contribution >= 0.6 is 15.9 Å². The van der Waals surface area contributed by atoms with Crippen LogP contribution in [0.25, 0.3) is 0 Å². The first-order valence-electron chi connectivity index (χ1n) is 6.02. The first-order chi connectivity index (χ1) is 9.51. The number of anilines is 1. The van der Waals surface area contributed by atoms with E-state index in [1.807, 2.05) is 13.0 Å². The van der Waals surface area contributed by atoms with Crippen molar-refractivity contribution in [3.63, 3.8) is 0 Å². The summed E-state index contributed by atoms with van der Waals surface area (Å²) in [6.07, 6.45) is 0. The van der Waals surface area contributed by atoms with Crippen LogP contribution in [0.3, 0.4) is 0 Å². The van der Waals surface area contributed by atoms with Gasteiger partial charge >= 0.3 is 0 Å². The third-order valence-electron chi connectivity index (χ3n) is 2.52. The first kappa shape index (κ1) is 14.9. The molecule has 0 aliphatic rings. The molecule has 4 nitrogen and oxygen atoms in total. The van der Waals surface area contributed by atoms with E-state index in [-0.39, 0.29) is 4.90 Å². The van der Waals surface area contributed by atoms with Gasteiger partial charge in [0.25, 0.3) is 10.0 Å². The smallest absolute Gasteiger partial charge is 0.261 e. The van der Waals surface area contributed by atoms with E-state index in [0.29, 0.717) is 18.0 Å². The molecule has 0 saturated heterocycles. The largest absolute Gasteiger partial charge is 0.494 e. The third kappa shape index (κ3) is 3.74. The fourth-order valence-electron chi connectivity index (χ4n) is 1.65. The maximum atomic E-state index is 12.2. The van der Waals surface area contributed by atoms with Crippen molar-refractivity contribution in [3.05, 3.63) is 53.0 Å². The maximum absolute atomic E-state index is 12.2. The van der Waals surface area contributed by atoms with Crippen molar-refractivity contribution >= 4 is 31.6 Å². The monoisotopic (exact) mass is 355 g/mol. The van der Waals surface area contributed by atoms with Crippen LogP contribution in [0.1, 0.15) is 6.92 Å². The van der Waals surface area contributed by atoms with E-state index in [2.05, 4.69) is 20.7 Å². The molecule has 0 aromatic heterocycles. The summed E-state index contributed by atoms with van der Waals surface area (Å²) >= 11 is 3.30. The number of halogens is 1. The van der Waals surface area contributed by atoms with E-state index in [0.717, 1.165) is 4.47 Å². The molecule has 2 aromatic rings. The second-order valence-electron chi connectivity index (χ2n) is 4.02. The summed E-state index contributed by atoms with van der Waals surface area (Å²) in [6.45, 7) is 2.42. The molecule has 0 fully saturated rings. The molecular formula is C14H14BrNO3S. The number of sulfonamides is 1. The van der Waals surface area contributed by atoms with E-state index in [9.17, 15) is 8.42 Å². The second kappa shape index (κ2) is 6.28. The summed E-state index contributed by atoms with van der Waals surface area (Å²) in [5.74, 6) is 0.647. The molecule has 0 atom stereocenters. The molecule has 2 rings (SSSR count). The summed E-state index contributed by atoms with van der Waals surface area (Å²) in [7, 11) is -3.59. The van der Waals surface area contributed by atoms with Gasteiger partial charge in [-0.15, -0.1) is 0 Å². The Kier molecular flexibility index (Phi) is 4.67. The third-order valence-corrected chi connectivity index (χ3v) is 4.41. The van der Waals surface area contributed by atoms with Crippen molar-refractivity contribution in [2.24, 2.45) is 0 Å². The fraction of sp³-hybridized carbons (Fsp3) is 0.143. The fourth-order valence-corrected chi connectivity index (χ4v) is 3.10. The Morgan fingerprint density at radius 1 is 1.15 bits per heavy atom. The summed E-state index contributed by atoms with van der Waals surface area (Å²) in [6, 6.07) is 13.3. The van der Waals surface area contributed by atoms with E-state index in [1.54, 1.807) is 30.3 Å². The van der Waals surface area contributed by atoms with Crippen molar-refractivity contribution < 1.29 is 13.2 Å². The normalized spacial score (nSPS) is 11.1. The highest BCUT2D eigenvalue weighted by Gasteiger charge is 2.14. The van der Waals surface area contributed by atoms with Crippen LogP contribution in [-0.4, -0.2) is 15.0 Å². The SMILES string of the molecule is CCOc1ccc(S(=O)(=O)Nc2cccc(Br)c2)cc1. The molecule has 106 valence electrons. The number of hydrogen-bond donors (Lipinski definition) is 1. The van der Waals surface area contributed by atoms with Crippen LogP contribution in [-0.2, 0) is 10.0 Å². The maximum Gasteiger partial charge on any atom is 0.261 e. The van der Waals surface area contributed by atoms with Gasteiger partial charge in [0, 0.05) is 10.2 Å². The van der Waals surface area contributed by atoms with Crippen molar-refractivity contribution in [3.8, 4) is 5.75 Å². The molecule has 0 spiro atoms. The molecule has 6 heteroatoms. The summed E-state index contributed by atoms with van der Waals surface area (Å²) < 4.78 is 33.1. The number of rotatable bonds is 5. The molecule has 0 aliphatic heterocycles. The number of ether oxygens (including phenoxy) is 1. The molecule has 2 aromatic carbocycles. The van der Waals surface area contributed by atoms with Gasteiger partial charge in [-0.3, -0.25) is 4.72 Å². The van der Waals surface area contributed by atoms with Gasteiger partial charge in [0.1, 0.15) is 5.75 Å². The lowest BCUT2D eigenvalue weighted by atomic mass is 10.3. The lowest BCUT2D eigenvalue weighted by Crippen LogP contribution is -2.12. The van der Waals surface area contributed by atoms with Crippen LogP contribution in [0, 0.1) is 0 Å². The summed E-state index contributed by atoms with van der Waals surface area (Å²) in [4.78, 5) is 0.195. The van der Waals surface area contributed by atoms with Crippen molar-refractivity contribution in [1.82, 2.24) is 0 Å². The Morgan fingerprint density at radius 3 is 2.45 bits per heavy atom. The molecule has 0 unspecified atom stereocenters. The van der Waals surface area contributed by atoms with Crippen LogP contribution < -0.4 is 9.46 Å². The lowest BCUT2D eigenvalue weighted by Gasteiger charge is -2.09. The zero-order chi connectivity index (χ0) is 14.6. The van der Waals surface area contributed by atoms with Gasteiger partial charge in [0.05, 0.1) is 11.5 Å². The van der Waals surface area contributed by atoms with Gasteiger partial charge in [0.15, 0.2) is 0 Å². The van der Waals surface area contributed by atoms with Crippen LogP contribution in [0.4, 0.5) is 5.69 Å². The highest BCUT2D eigenvalue weighted by atomic mass is 79.9. The van der Waals surface area contributed by atoms with E-state index in [1.165, 1.54) is 12.1 Å². The average molecular weight is 356 g/mol. The molecule has 0 aliphatic carbocycles. The lowest BCUT2D eigenvalue weighted by molar-refractivity contribution is 0.340. The van der Waals surface area contributed by atoms with E-state index < -0.39 is 10.0 Å². The average Bonchev–Trinajstić information content (AvgIpc) is 2.39. The van der Waals surface area contributed by atoms with Gasteiger partial charge in [-0.1, -0.05) is 22.0 Å². The molecule has 0 saturated carbocycles. The quantitative estimate of drug-likeness (QED) is 0.890. The minimum absolute atomic E-state index is 0.195. The molecule has 0 amide bonds. The summed E-state index contributed by atoms with van der Waals surface area (Å²) in [5, 5.41) is 0. The van der Waals surface area contributed by atoms with E-state index >= 15 is 0 Å². The number of nitrogens with one attached hydrogen (secondary N) is 1. The minimum Gasteiger partial charge on any atom is -0.494 e.